The fourth-order valence-electron chi connectivity index (χ4n) is 2.99. The summed E-state index contributed by atoms with van der Waals surface area (Å²) in [4.78, 5) is 13.4. The van der Waals surface area contributed by atoms with Gasteiger partial charge >= 0.3 is 0 Å². The van der Waals surface area contributed by atoms with E-state index in [0.717, 1.165) is 28.7 Å². The molecule has 0 fully saturated rings. The second-order valence-electron chi connectivity index (χ2n) is 4.92. The number of carbonyl (C=O) groups is 1. The van der Waals surface area contributed by atoms with Crippen LogP contribution in [0.4, 0.5) is 0 Å². The molecule has 0 spiro atoms. The SMILES string of the molecule is O=C(c1cccs1)c1ccc2c3c(cccc13)CC2. The number of rotatable bonds is 2. The average molecular weight is 264 g/mol. The Morgan fingerprint density at radius 3 is 2.58 bits per heavy atom. The van der Waals surface area contributed by atoms with Crippen LogP contribution in [0.2, 0.25) is 0 Å². The molecule has 2 heteroatoms. The van der Waals surface area contributed by atoms with E-state index in [-0.39, 0.29) is 5.78 Å². The minimum atomic E-state index is 0.144. The summed E-state index contributed by atoms with van der Waals surface area (Å²) < 4.78 is 0. The van der Waals surface area contributed by atoms with Crippen molar-refractivity contribution in [1.29, 1.82) is 0 Å². The maximum atomic E-state index is 12.6. The number of benzene rings is 2. The molecule has 0 bridgehead atoms. The molecule has 0 radical (unpaired) electrons. The van der Waals surface area contributed by atoms with Crippen molar-refractivity contribution in [3.05, 3.63) is 69.4 Å². The zero-order chi connectivity index (χ0) is 12.8. The molecule has 1 aliphatic carbocycles. The van der Waals surface area contributed by atoms with Gasteiger partial charge in [-0.25, -0.2) is 0 Å². The molecule has 1 aromatic heterocycles. The fourth-order valence-corrected chi connectivity index (χ4v) is 3.66. The highest BCUT2D eigenvalue weighted by Crippen LogP contribution is 2.33. The van der Waals surface area contributed by atoms with Gasteiger partial charge in [0.25, 0.3) is 0 Å². The number of ketones is 1. The van der Waals surface area contributed by atoms with Crippen LogP contribution in [0.3, 0.4) is 0 Å². The van der Waals surface area contributed by atoms with Gasteiger partial charge in [0.05, 0.1) is 4.88 Å². The Morgan fingerprint density at radius 1 is 0.947 bits per heavy atom. The molecule has 19 heavy (non-hydrogen) atoms. The van der Waals surface area contributed by atoms with Crippen molar-refractivity contribution in [2.75, 3.05) is 0 Å². The molecule has 0 unspecified atom stereocenters. The summed E-state index contributed by atoms with van der Waals surface area (Å²) in [6.07, 6.45) is 2.20. The first-order valence-corrected chi connectivity index (χ1v) is 7.34. The first-order chi connectivity index (χ1) is 9.34. The van der Waals surface area contributed by atoms with E-state index in [2.05, 4.69) is 24.3 Å². The predicted molar refractivity (Wildman–Crippen MR) is 79.1 cm³/mol. The largest absolute Gasteiger partial charge is 0.288 e. The standard InChI is InChI=1S/C17H12OS/c18-17(15-5-2-10-19-15)14-9-8-12-7-6-11-3-1-4-13(14)16(11)12/h1-5,8-10H,6-7H2. The summed E-state index contributed by atoms with van der Waals surface area (Å²) in [7, 11) is 0. The molecule has 2 aromatic carbocycles. The quantitative estimate of drug-likeness (QED) is 0.633. The van der Waals surface area contributed by atoms with Crippen molar-refractivity contribution in [3.63, 3.8) is 0 Å². The van der Waals surface area contributed by atoms with Crippen molar-refractivity contribution in [3.8, 4) is 0 Å². The highest BCUT2D eigenvalue weighted by Gasteiger charge is 2.19. The van der Waals surface area contributed by atoms with Gasteiger partial charge in [0.2, 0.25) is 5.78 Å². The second kappa shape index (κ2) is 4.04. The molecule has 1 heterocycles. The molecule has 3 aromatic rings. The van der Waals surface area contributed by atoms with Gasteiger partial charge in [0.1, 0.15) is 0 Å². The molecule has 0 aliphatic heterocycles. The van der Waals surface area contributed by atoms with Crippen molar-refractivity contribution in [2.24, 2.45) is 0 Å². The molecule has 0 saturated carbocycles. The average Bonchev–Trinajstić information content (AvgIpc) is 3.09. The van der Waals surface area contributed by atoms with E-state index in [1.54, 1.807) is 0 Å². The number of thiophene rings is 1. The summed E-state index contributed by atoms with van der Waals surface area (Å²) in [6, 6.07) is 14.3. The number of carbonyl (C=O) groups excluding carboxylic acids is 1. The van der Waals surface area contributed by atoms with E-state index in [9.17, 15) is 4.79 Å². The van der Waals surface area contributed by atoms with Crippen molar-refractivity contribution in [1.82, 2.24) is 0 Å². The fraction of sp³-hybridized carbons (Fsp3) is 0.118. The van der Waals surface area contributed by atoms with Gasteiger partial charge in [0.15, 0.2) is 0 Å². The summed E-state index contributed by atoms with van der Waals surface area (Å²) in [6.45, 7) is 0. The minimum absolute atomic E-state index is 0.144. The van der Waals surface area contributed by atoms with Crippen LogP contribution in [0.15, 0.2) is 47.8 Å². The summed E-state index contributed by atoms with van der Waals surface area (Å²) in [5.74, 6) is 0.144. The maximum absolute atomic E-state index is 12.6. The van der Waals surface area contributed by atoms with E-state index in [4.69, 9.17) is 0 Å². The van der Waals surface area contributed by atoms with Crippen LogP contribution in [0.25, 0.3) is 10.8 Å². The Balaban J connectivity index is 2.00. The Labute approximate surface area is 115 Å². The molecule has 0 atom stereocenters. The lowest BCUT2D eigenvalue weighted by atomic mass is 9.97. The van der Waals surface area contributed by atoms with Crippen molar-refractivity contribution >= 4 is 27.9 Å². The van der Waals surface area contributed by atoms with Gasteiger partial charge in [-0.15, -0.1) is 11.3 Å². The first kappa shape index (κ1) is 10.9. The van der Waals surface area contributed by atoms with Crippen LogP contribution in [0.1, 0.15) is 26.4 Å². The van der Waals surface area contributed by atoms with Crippen LogP contribution in [-0.2, 0) is 12.8 Å². The van der Waals surface area contributed by atoms with E-state index < -0.39 is 0 Å². The third-order valence-corrected chi connectivity index (χ3v) is 4.74. The van der Waals surface area contributed by atoms with E-state index in [0.29, 0.717) is 0 Å². The number of hydrogen-bond donors (Lipinski definition) is 0. The molecule has 0 amide bonds. The lowest BCUT2D eigenvalue weighted by Crippen LogP contribution is -2.00. The summed E-state index contributed by atoms with van der Waals surface area (Å²) in [5.41, 5.74) is 3.60. The van der Waals surface area contributed by atoms with Gasteiger partial charge in [-0.2, -0.15) is 0 Å². The molecule has 1 nitrogen and oxygen atoms in total. The number of hydrogen-bond acceptors (Lipinski definition) is 2. The molecule has 0 N–H and O–H groups in total. The minimum Gasteiger partial charge on any atom is -0.288 e. The van der Waals surface area contributed by atoms with Crippen LogP contribution < -0.4 is 0 Å². The Hall–Kier alpha value is -1.93. The molecule has 4 rings (SSSR count). The first-order valence-electron chi connectivity index (χ1n) is 6.46. The van der Waals surface area contributed by atoms with Crippen LogP contribution in [0, 0.1) is 0 Å². The van der Waals surface area contributed by atoms with E-state index >= 15 is 0 Å². The summed E-state index contributed by atoms with van der Waals surface area (Å²) in [5, 5.41) is 4.38. The maximum Gasteiger partial charge on any atom is 0.203 e. The van der Waals surface area contributed by atoms with E-state index in [1.165, 1.54) is 27.8 Å². The van der Waals surface area contributed by atoms with Crippen LogP contribution in [0.5, 0.6) is 0 Å². The third-order valence-electron chi connectivity index (χ3n) is 3.87. The Morgan fingerprint density at radius 2 is 1.79 bits per heavy atom. The molecule has 92 valence electrons. The lowest BCUT2D eigenvalue weighted by molar-refractivity contribution is 0.104. The Bertz CT molecular complexity index is 774. The van der Waals surface area contributed by atoms with Crippen molar-refractivity contribution < 1.29 is 4.79 Å². The third kappa shape index (κ3) is 1.57. The Kier molecular flexibility index (Phi) is 2.32. The molecular weight excluding hydrogens is 252 g/mol. The van der Waals surface area contributed by atoms with Gasteiger partial charge in [0, 0.05) is 5.56 Å². The van der Waals surface area contributed by atoms with Gasteiger partial charge in [-0.3, -0.25) is 4.79 Å². The molecule has 0 saturated heterocycles. The van der Waals surface area contributed by atoms with E-state index in [1.807, 2.05) is 23.6 Å². The van der Waals surface area contributed by atoms with Gasteiger partial charge < -0.3 is 0 Å². The molecule has 1 aliphatic rings. The van der Waals surface area contributed by atoms with Gasteiger partial charge in [-0.05, 0) is 46.2 Å². The zero-order valence-electron chi connectivity index (χ0n) is 10.3. The number of aryl methyl sites for hydroxylation is 2. The highest BCUT2D eigenvalue weighted by atomic mass is 32.1. The molecular formula is C17H12OS. The van der Waals surface area contributed by atoms with Crippen LogP contribution in [-0.4, -0.2) is 5.78 Å². The highest BCUT2D eigenvalue weighted by molar-refractivity contribution is 7.12. The topological polar surface area (TPSA) is 17.1 Å². The monoisotopic (exact) mass is 264 g/mol. The normalized spacial score (nSPS) is 13.1. The lowest BCUT2D eigenvalue weighted by Gasteiger charge is -2.07. The van der Waals surface area contributed by atoms with Crippen molar-refractivity contribution in [2.45, 2.75) is 12.8 Å². The summed E-state index contributed by atoms with van der Waals surface area (Å²) >= 11 is 1.51. The van der Waals surface area contributed by atoms with Gasteiger partial charge in [-0.1, -0.05) is 36.4 Å². The second-order valence-corrected chi connectivity index (χ2v) is 5.87. The smallest absolute Gasteiger partial charge is 0.203 e. The predicted octanol–water partition coefficient (Wildman–Crippen LogP) is 4.23. The van der Waals surface area contributed by atoms with Crippen LogP contribution >= 0.6 is 11.3 Å². The zero-order valence-corrected chi connectivity index (χ0v) is 11.2.